The molecule has 0 saturated carbocycles. The van der Waals surface area contributed by atoms with E-state index < -0.39 is 0 Å². The second kappa shape index (κ2) is 5.35. The van der Waals surface area contributed by atoms with Crippen LogP contribution in [0.15, 0.2) is 71.1 Å². The lowest BCUT2D eigenvalue weighted by molar-refractivity contribution is 0.590. The molecule has 3 heteroatoms. The average molecular weight is 324 g/mol. The smallest absolute Gasteiger partial charge is 0.220 e. The summed E-state index contributed by atoms with van der Waals surface area (Å²) in [6.45, 7) is 0. The summed E-state index contributed by atoms with van der Waals surface area (Å²) >= 11 is 0. The average Bonchev–Trinajstić information content (AvgIpc) is 3.20. The Morgan fingerprint density at radius 2 is 1.64 bits per heavy atom. The van der Waals surface area contributed by atoms with Crippen molar-refractivity contribution in [1.29, 1.82) is 0 Å². The third-order valence-corrected chi connectivity index (χ3v) is 4.67. The van der Waals surface area contributed by atoms with Crippen LogP contribution in [0.25, 0.3) is 45.1 Å². The molecule has 0 fully saturated rings. The maximum Gasteiger partial charge on any atom is 0.220 e. The summed E-state index contributed by atoms with van der Waals surface area (Å²) in [7, 11) is 2.11. The van der Waals surface area contributed by atoms with E-state index in [1.807, 2.05) is 36.4 Å². The molecular weight excluding hydrogens is 308 g/mol. The van der Waals surface area contributed by atoms with Gasteiger partial charge in [-0.2, -0.15) is 0 Å². The fourth-order valence-electron chi connectivity index (χ4n) is 3.42. The Balaban J connectivity index is 1.59. The third-order valence-electron chi connectivity index (χ3n) is 4.67. The molecule has 0 N–H and O–H groups in total. The number of para-hydroxylation sites is 3. The summed E-state index contributed by atoms with van der Waals surface area (Å²) < 4.78 is 7.98. The standard InChI is InChI=1S/C22H16N2O/c1-24-19-8-4-2-6-16(19)17-14-15(10-12-20(17)24)11-13-22-23-18-7-3-5-9-21(18)25-22/h2-14H,1H3/b13-11+. The van der Waals surface area contributed by atoms with Gasteiger partial charge < -0.3 is 8.98 Å². The van der Waals surface area contributed by atoms with Gasteiger partial charge in [0, 0.05) is 34.9 Å². The maximum absolute atomic E-state index is 5.75. The SMILES string of the molecule is Cn1c2ccccc2c2cc(/C=C/c3nc4ccccc4o3)ccc21. The van der Waals surface area contributed by atoms with Gasteiger partial charge in [0.1, 0.15) is 5.52 Å². The molecule has 0 saturated heterocycles. The molecule has 2 heterocycles. The van der Waals surface area contributed by atoms with E-state index >= 15 is 0 Å². The molecule has 0 spiro atoms. The van der Waals surface area contributed by atoms with Crippen LogP contribution in [-0.4, -0.2) is 9.55 Å². The minimum Gasteiger partial charge on any atom is -0.437 e. The molecule has 3 nitrogen and oxygen atoms in total. The summed E-state index contributed by atoms with van der Waals surface area (Å²) in [5.74, 6) is 0.624. The molecule has 0 amide bonds. The van der Waals surface area contributed by atoms with Crippen LogP contribution in [0.2, 0.25) is 0 Å². The van der Waals surface area contributed by atoms with Crippen molar-refractivity contribution >= 4 is 45.1 Å². The van der Waals surface area contributed by atoms with Gasteiger partial charge in [-0.1, -0.05) is 36.4 Å². The Bertz CT molecular complexity index is 1220. The number of fused-ring (bicyclic) bond motifs is 4. The van der Waals surface area contributed by atoms with Gasteiger partial charge in [-0.25, -0.2) is 4.98 Å². The van der Waals surface area contributed by atoms with Gasteiger partial charge >= 0.3 is 0 Å². The summed E-state index contributed by atoms with van der Waals surface area (Å²) in [6, 6.07) is 22.8. The van der Waals surface area contributed by atoms with E-state index in [0.29, 0.717) is 5.89 Å². The molecule has 0 unspecified atom stereocenters. The van der Waals surface area contributed by atoms with Crippen LogP contribution in [0.5, 0.6) is 0 Å². The van der Waals surface area contributed by atoms with Crippen LogP contribution in [0.1, 0.15) is 11.5 Å². The number of aryl methyl sites for hydroxylation is 1. The third kappa shape index (κ3) is 2.24. The van der Waals surface area contributed by atoms with Gasteiger partial charge in [0.2, 0.25) is 5.89 Å². The fourth-order valence-corrected chi connectivity index (χ4v) is 3.42. The van der Waals surface area contributed by atoms with Crippen molar-refractivity contribution in [3.8, 4) is 0 Å². The first-order chi connectivity index (χ1) is 12.3. The van der Waals surface area contributed by atoms with Gasteiger partial charge in [0.25, 0.3) is 0 Å². The van der Waals surface area contributed by atoms with Crippen LogP contribution in [0.3, 0.4) is 0 Å². The van der Waals surface area contributed by atoms with E-state index in [-0.39, 0.29) is 0 Å². The van der Waals surface area contributed by atoms with E-state index in [2.05, 4.69) is 59.1 Å². The van der Waals surface area contributed by atoms with Crippen LogP contribution >= 0.6 is 0 Å². The van der Waals surface area contributed by atoms with Crippen molar-refractivity contribution in [1.82, 2.24) is 9.55 Å². The molecule has 0 aliphatic rings. The minimum atomic E-state index is 0.624. The number of aromatic nitrogens is 2. The number of hydrogen-bond acceptors (Lipinski definition) is 2. The first-order valence-electron chi connectivity index (χ1n) is 8.30. The number of benzene rings is 3. The van der Waals surface area contributed by atoms with Crippen LogP contribution in [-0.2, 0) is 7.05 Å². The van der Waals surface area contributed by atoms with Crippen molar-refractivity contribution in [2.45, 2.75) is 0 Å². The van der Waals surface area contributed by atoms with Crippen LogP contribution < -0.4 is 0 Å². The summed E-state index contributed by atoms with van der Waals surface area (Å²) in [6.07, 6.45) is 3.97. The van der Waals surface area contributed by atoms with Crippen LogP contribution in [0.4, 0.5) is 0 Å². The molecule has 120 valence electrons. The Hall–Kier alpha value is -3.33. The largest absolute Gasteiger partial charge is 0.437 e. The van der Waals surface area contributed by atoms with Crippen molar-refractivity contribution in [3.63, 3.8) is 0 Å². The first-order valence-corrected chi connectivity index (χ1v) is 8.30. The van der Waals surface area contributed by atoms with E-state index in [4.69, 9.17) is 4.42 Å². The van der Waals surface area contributed by atoms with E-state index in [1.54, 1.807) is 0 Å². The zero-order chi connectivity index (χ0) is 16.8. The molecule has 0 radical (unpaired) electrons. The molecule has 5 aromatic rings. The highest BCUT2D eigenvalue weighted by Gasteiger charge is 2.07. The Kier molecular flexibility index (Phi) is 3.01. The number of rotatable bonds is 2. The first kappa shape index (κ1) is 14.1. The van der Waals surface area contributed by atoms with Crippen LogP contribution in [0, 0.1) is 0 Å². The van der Waals surface area contributed by atoms with Gasteiger partial charge in [-0.3, -0.25) is 0 Å². The van der Waals surface area contributed by atoms with Gasteiger partial charge in [-0.05, 0) is 42.0 Å². The lowest BCUT2D eigenvalue weighted by atomic mass is 10.1. The second-order valence-corrected chi connectivity index (χ2v) is 6.21. The van der Waals surface area contributed by atoms with Gasteiger partial charge in [0.15, 0.2) is 5.58 Å². The molecule has 2 aromatic heterocycles. The topological polar surface area (TPSA) is 31.0 Å². The molecule has 0 aliphatic carbocycles. The van der Waals surface area contributed by atoms with Gasteiger partial charge in [0.05, 0.1) is 0 Å². The summed E-state index contributed by atoms with van der Waals surface area (Å²) in [4.78, 5) is 4.49. The summed E-state index contributed by atoms with van der Waals surface area (Å²) in [5, 5.41) is 2.54. The Morgan fingerprint density at radius 3 is 2.56 bits per heavy atom. The summed E-state index contributed by atoms with van der Waals surface area (Å²) in [5.41, 5.74) is 5.31. The van der Waals surface area contributed by atoms with E-state index in [9.17, 15) is 0 Å². The predicted octanol–water partition coefficient (Wildman–Crippen LogP) is 5.64. The quantitative estimate of drug-likeness (QED) is 0.420. The van der Waals surface area contributed by atoms with Crippen molar-refractivity contribution in [2.75, 3.05) is 0 Å². The molecule has 25 heavy (non-hydrogen) atoms. The zero-order valence-corrected chi connectivity index (χ0v) is 13.8. The highest BCUT2D eigenvalue weighted by Crippen LogP contribution is 2.29. The monoisotopic (exact) mass is 324 g/mol. The fraction of sp³-hybridized carbons (Fsp3) is 0.0455. The molecule has 0 aliphatic heterocycles. The Morgan fingerprint density at radius 1 is 0.840 bits per heavy atom. The van der Waals surface area contributed by atoms with E-state index in [0.717, 1.165) is 16.7 Å². The number of hydrogen-bond donors (Lipinski definition) is 0. The highest BCUT2D eigenvalue weighted by molar-refractivity contribution is 6.08. The zero-order valence-electron chi connectivity index (χ0n) is 13.8. The molecule has 5 rings (SSSR count). The normalized spacial score (nSPS) is 12.0. The highest BCUT2D eigenvalue weighted by atomic mass is 16.3. The molecule has 0 atom stereocenters. The lowest BCUT2D eigenvalue weighted by Crippen LogP contribution is -1.85. The maximum atomic E-state index is 5.75. The number of oxazole rings is 1. The lowest BCUT2D eigenvalue weighted by Gasteiger charge is -1.98. The molecular formula is C22H16N2O. The molecule has 3 aromatic carbocycles. The van der Waals surface area contributed by atoms with Crippen molar-refractivity contribution in [3.05, 3.63) is 78.2 Å². The minimum absolute atomic E-state index is 0.624. The Labute approximate surface area is 144 Å². The second-order valence-electron chi connectivity index (χ2n) is 6.21. The van der Waals surface area contributed by atoms with E-state index in [1.165, 1.54) is 21.8 Å². The number of nitrogens with zero attached hydrogens (tertiary/aromatic N) is 2. The van der Waals surface area contributed by atoms with Gasteiger partial charge in [-0.15, -0.1) is 0 Å². The van der Waals surface area contributed by atoms with Crippen molar-refractivity contribution in [2.24, 2.45) is 7.05 Å². The predicted molar refractivity (Wildman–Crippen MR) is 103 cm³/mol. The van der Waals surface area contributed by atoms with Crippen molar-refractivity contribution < 1.29 is 4.42 Å². The molecule has 0 bridgehead atoms.